The first-order valence-corrected chi connectivity index (χ1v) is 9.46. The minimum atomic E-state index is -0.0875. The number of hydrogen-bond acceptors (Lipinski definition) is 5. The van der Waals surface area contributed by atoms with Crippen molar-refractivity contribution in [3.63, 3.8) is 0 Å². The summed E-state index contributed by atoms with van der Waals surface area (Å²) in [5.74, 6) is 0.101. The van der Waals surface area contributed by atoms with Gasteiger partial charge in [-0.25, -0.2) is 4.98 Å². The Balaban J connectivity index is 1.59. The number of fused-ring (bicyclic) bond motifs is 1. The molecule has 1 amide bonds. The summed E-state index contributed by atoms with van der Waals surface area (Å²) in [5.41, 5.74) is 3.43. The molecule has 0 aromatic carbocycles. The van der Waals surface area contributed by atoms with Gasteiger partial charge in [0.25, 0.3) is 5.56 Å². The number of pyridine rings is 2. The van der Waals surface area contributed by atoms with E-state index >= 15 is 0 Å². The lowest BCUT2D eigenvalue weighted by Gasteiger charge is -2.25. The minimum absolute atomic E-state index is 0.0875. The number of carbonyl (C=O) groups excluding carboxylic acids is 1. The number of aryl methyl sites for hydroxylation is 1. The second-order valence-electron chi connectivity index (χ2n) is 7.35. The molecular formula is C21H23N5O2. The second kappa shape index (κ2) is 7.90. The van der Waals surface area contributed by atoms with Crippen LogP contribution in [-0.4, -0.2) is 37.8 Å². The van der Waals surface area contributed by atoms with Crippen molar-refractivity contribution < 1.29 is 4.79 Å². The topological polar surface area (TPSA) is 79.6 Å². The van der Waals surface area contributed by atoms with E-state index in [1.54, 1.807) is 22.9 Å². The van der Waals surface area contributed by atoms with Crippen molar-refractivity contribution in [2.75, 3.05) is 6.54 Å². The third kappa shape index (κ3) is 4.26. The smallest absolute Gasteiger partial charge is 0.258 e. The fourth-order valence-corrected chi connectivity index (χ4v) is 3.62. The van der Waals surface area contributed by atoms with Gasteiger partial charge in [-0.2, -0.15) is 0 Å². The summed E-state index contributed by atoms with van der Waals surface area (Å²) in [6.07, 6.45) is 6.74. The molecular weight excluding hydrogens is 354 g/mol. The van der Waals surface area contributed by atoms with E-state index in [0.717, 1.165) is 23.2 Å². The van der Waals surface area contributed by atoms with Crippen LogP contribution >= 0.6 is 0 Å². The lowest BCUT2D eigenvalue weighted by molar-refractivity contribution is -0.119. The zero-order chi connectivity index (χ0) is 19.5. The van der Waals surface area contributed by atoms with E-state index in [1.165, 1.54) is 0 Å². The average Bonchev–Trinajstić information content (AvgIpc) is 3.07. The molecule has 7 heteroatoms. The first-order chi connectivity index (χ1) is 13.6. The van der Waals surface area contributed by atoms with Gasteiger partial charge < -0.3 is 5.32 Å². The number of hydrogen-bond donors (Lipinski definition) is 1. The molecule has 7 nitrogen and oxygen atoms in total. The molecule has 0 radical (unpaired) electrons. The molecule has 0 unspecified atom stereocenters. The van der Waals surface area contributed by atoms with Crippen molar-refractivity contribution >= 4 is 11.6 Å². The van der Waals surface area contributed by atoms with Crippen molar-refractivity contribution in [1.29, 1.82) is 0 Å². The van der Waals surface area contributed by atoms with E-state index in [-0.39, 0.29) is 17.5 Å². The van der Waals surface area contributed by atoms with Crippen LogP contribution in [0.25, 0.3) is 5.65 Å². The highest BCUT2D eigenvalue weighted by molar-refractivity contribution is 5.78. The molecule has 0 saturated carbocycles. The van der Waals surface area contributed by atoms with Crippen molar-refractivity contribution in [2.45, 2.75) is 38.9 Å². The predicted octanol–water partition coefficient (Wildman–Crippen LogP) is 1.68. The molecule has 28 heavy (non-hydrogen) atoms. The summed E-state index contributed by atoms with van der Waals surface area (Å²) in [5, 5.41) is 3.02. The lowest BCUT2D eigenvalue weighted by Crippen LogP contribution is -2.38. The lowest BCUT2D eigenvalue weighted by atomic mass is 10.2. The largest absolute Gasteiger partial charge is 0.352 e. The summed E-state index contributed by atoms with van der Waals surface area (Å²) in [7, 11) is 0. The Morgan fingerprint density at radius 1 is 1.25 bits per heavy atom. The maximum Gasteiger partial charge on any atom is 0.258 e. The van der Waals surface area contributed by atoms with Crippen LogP contribution in [0.3, 0.4) is 0 Å². The molecule has 1 aliphatic heterocycles. The summed E-state index contributed by atoms with van der Waals surface area (Å²) >= 11 is 0. The van der Waals surface area contributed by atoms with E-state index in [0.29, 0.717) is 31.7 Å². The number of aromatic nitrogens is 3. The molecule has 1 atom stereocenters. The molecule has 4 rings (SSSR count). The molecule has 4 heterocycles. The Morgan fingerprint density at radius 3 is 2.89 bits per heavy atom. The van der Waals surface area contributed by atoms with E-state index in [9.17, 15) is 9.59 Å². The van der Waals surface area contributed by atoms with Crippen LogP contribution < -0.4 is 10.9 Å². The number of carbonyl (C=O) groups is 1. The van der Waals surface area contributed by atoms with Crippen molar-refractivity contribution in [3.05, 3.63) is 76.1 Å². The molecule has 1 fully saturated rings. The van der Waals surface area contributed by atoms with Gasteiger partial charge in [0.2, 0.25) is 5.91 Å². The molecule has 3 aromatic heterocycles. The van der Waals surface area contributed by atoms with Gasteiger partial charge in [0.15, 0.2) is 0 Å². The predicted molar refractivity (Wildman–Crippen MR) is 106 cm³/mol. The highest BCUT2D eigenvalue weighted by Gasteiger charge is 2.23. The fraction of sp³-hybridized carbons (Fsp3) is 0.333. The van der Waals surface area contributed by atoms with Crippen LogP contribution in [0.4, 0.5) is 0 Å². The van der Waals surface area contributed by atoms with Gasteiger partial charge in [-0.1, -0.05) is 6.07 Å². The fourth-order valence-electron chi connectivity index (χ4n) is 3.62. The van der Waals surface area contributed by atoms with Gasteiger partial charge in [0, 0.05) is 56.8 Å². The molecule has 1 N–H and O–H groups in total. The quantitative estimate of drug-likeness (QED) is 0.707. The van der Waals surface area contributed by atoms with Crippen molar-refractivity contribution in [2.24, 2.45) is 0 Å². The van der Waals surface area contributed by atoms with Gasteiger partial charge in [-0.05, 0) is 42.7 Å². The molecule has 1 aliphatic rings. The maximum absolute atomic E-state index is 12.5. The van der Waals surface area contributed by atoms with Gasteiger partial charge in [-0.15, -0.1) is 0 Å². The minimum Gasteiger partial charge on any atom is -0.352 e. The van der Waals surface area contributed by atoms with E-state index in [2.05, 4.69) is 20.2 Å². The Bertz CT molecular complexity index is 1050. The zero-order valence-corrected chi connectivity index (χ0v) is 15.8. The van der Waals surface area contributed by atoms with E-state index in [1.807, 2.05) is 37.4 Å². The van der Waals surface area contributed by atoms with Crippen LogP contribution in [0.5, 0.6) is 0 Å². The molecule has 0 spiro atoms. The third-order valence-corrected chi connectivity index (χ3v) is 4.95. The summed E-state index contributed by atoms with van der Waals surface area (Å²) in [4.78, 5) is 35.1. The standard InChI is InChI=1S/C21H23N5O2/c1-15-6-8-26-19(9-15)23-18(10-21(26)28)14-25(12-16-3-2-7-22-11-16)13-17-4-5-20(27)24-17/h2-3,6-11,17H,4-5,12-14H2,1H3,(H,24,27)/t17-/m0/s1. The van der Waals surface area contributed by atoms with Crippen LogP contribution in [-0.2, 0) is 17.9 Å². The number of nitrogens with one attached hydrogen (secondary N) is 1. The first-order valence-electron chi connectivity index (χ1n) is 9.46. The van der Waals surface area contributed by atoms with Gasteiger partial charge in [0.05, 0.1) is 5.69 Å². The highest BCUT2D eigenvalue weighted by atomic mass is 16.2. The normalized spacial score (nSPS) is 16.6. The SMILES string of the molecule is Cc1ccn2c(=O)cc(CN(Cc3cccnc3)C[C@@H]3CCC(=O)N3)nc2c1. The summed E-state index contributed by atoms with van der Waals surface area (Å²) in [6, 6.07) is 9.45. The molecule has 0 aliphatic carbocycles. The van der Waals surface area contributed by atoms with E-state index in [4.69, 9.17) is 0 Å². The second-order valence-corrected chi connectivity index (χ2v) is 7.35. The summed E-state index contributed by atoms with van der Waals surface area (Å²) < 4.78 is 1.55. The molecule has 0 bridgehead atoms. The van der Waals surface area contributed by atoms with Crippen molar-refractivity contribution in [3.8, 4) is 0 Å². The Hall–Kier alpha value is -3.06. The third-order valence-electron chi connectivity index (χ3n) is 4.95. The van der Waals surface area contributed by atoms with Crippen LogP contribution in [0.15, 0.2) is 53.7 Å². The van der Waals surface area contributed by atoms with Crippen LogP contribution in [0.1, 0.15) is 29.7 Å². The average molecular weight is 377 g/mol. The first kappa shape index (κ1) is 18.3. The van der Waals surface area contributed by atoms with Crippen LogP contribution in [0, 0.1) is 6.92 Å². The summed E-state index contributed by atoms with van der Waals surface area (Å²) in [6.45, 7) is 3.89. The van der Waals surface area contributed by atoms with Crippen LogP contribution in [0.2, 0.25) is 0 Å². The number of nitrogens with zero attached hydrogens (tertiary/aromatic N) is 4. The Morgan fingerprint density at radius 2 is 2.14 bits per heavy atom. The molecule has 3 aromatic rings. The Kier molecular flexibility index (Phi) is 5.16. The Labute approximate surface area is 163 Å². The monoisotopic (exact) mass is 377 g/mol. The van der Waals surface area contributed by atoms with Gasteiger partial charge in [0.1, 0.15) is 5.65 Å². The van der Waals surface area contributed by atoms with E-state index < -0.39 is 0 Å². The molecule has 144 valence electrons. The number of rotatable bonds is 6. The molecule has 1 saturated heterocycles. The van der Waals surface area contributed by atoms with Gasteiger partial charge in [-0.3, -0.25) is 23.9 Å². The highest BCUT2D eigenvalue weighted by Crippen LogP contribution is 2.14. The van der Waals surface area contributed by atoms with Gasteiger partial charge >= 0.3 is 0 Å². The maximum atomic E-state index is 12.5. The number of amides is 1. The zero-order valence-electron chi connectivity index (χ0n) is 15.8. The van der Waals surface area contributed by atoms with Crippen molar-refractivity contribution in [1.82, 2.24) is 24.6 Å².